The van der Waals surface area contributed by atoms with Crippen LogP contribution in [-0.2, 0) is 47.6 Å². The molecule has 11 atom stereocenters. The van der Waals surface area contributed by atoms with Crippen LogP contribution in [0.5, 0.6) is 0 Å². The second-order valence-electron chi connectivity index (χ2n) is 13.8. The Morgan fingerprint density at radius 1 is 1.05 bits per heavy atom. The lowest BCUT2D eigenvalue weighted by atomic mass is 9.48. The van der Waals surface area contributed by atoms with E-state index in [1.807, 2.05) is 27.7 Å². The topological polar surface area (TPSA) is 157 Å². The Morgan fingerprint density at radius 2 is 1.72 bits per heavy atom. The molecule has 5 fully saturated rings. The van der Waals surface area contributed by atoms with Gasteiger partial charge in [-0.2, -0.15) is 0 Å². The van der Waals surface area contributed by atoms with Crippen molar-refractivity contribution in [2.75, 3.05) is 7.11 Å². The number of furan rings is 1. The third-order valence-electron chi connectivity index (χ3n) is 11.3. The number of esters is 4. The fraction of sp³-hybridized carbons (Fsp3) is 0.742. The molecule has 2 saturated carbocycles. The standard InChI is InChI=1S/C31H40O12/c1-15-19(12-21(34)37-7)27(4,5)25(39-16(2)32)23-26(40-17(3)33)30-20-13-22(35)41-24(18-8-11-38-14-18)28(20,6)9-10-29(30,36)42-31(15,23)43-30/h8,11,14-15,19-20,23-26,36H,9-10,12-13H2,1-7H3/t15-,19-,20-,23-,24+,25-,26+,28-,29+,30+,31-/m1/s1. The maximum atomic E-state index is 13.3. The van der Waals surface area contributed by atoms with Crippen molar-refractivity contribution >= 4 is 23.9 Å². The predicted octanol–water partition coefficient (Wildman–Crippen LogP) is 3.20. The first-order valence-electron chi connectivity index (χ1n) is 14.8. The first-order valence-corrected chi connectivity index (χ1v) is 14.8. The Hall–Kier alpha value is -2.96. The van der Waals surface area contributed by atoms with Crippen LogP contribution in [0.3, 0.4) is 0 Å². The monoisotopic (exact) mass is 604 g/mol. The molecule has 2 spiro atoms. The van der Waals surface area contributed by atoms with Crippen LogP contribution in [0.25, 0.3) is 0 Å². The summed E-state index contributed by atoms with van der Waals surface area (Å²) >= 11 is 0. The van der Waals surface area contributed by atoms with Crippen molar-refractivity contribution in [3.05, 3.63) is 24.2 Å². The molecule has 2 aliphatic carbocycles. The summed E-state index contributed by atoms with van der Waals surface area (Å²) in [5.41, 5.74) is -2.74. The van der Waals surface area contributed by atoms with E-state index < -0.39 is 93.9 Å². The number of carbonyl (C=O) groups excluding carboxylic acids is 4. The fourth-order valence-corrected chi connectivity index (χ4v) is 9.45. The van der Waals surface area contributed by atoms with Crippen LogP contribution in [0, 0.1) is 34.5 Å². The summed E-state index contributed by atoms with van der Waals surface area (Å²) in [6.45, 7) is 10.1. The van der Waals surface area contributed by atoms with Crippen LogP contribution in [0.4, 0.5) is 0 Å². The molecule has 1 N–H and O–H groups in total. The van der Waals surface area contributed by atoms with Gasteiger partial charge in [0.2, 0.25) is 5.79 Å². The lowest BCUT2D eigenvalue weighted by molar-refractivity contribution is -0.369. The molecule has 12 nitrogen and oxygen atoms in total. The molecule has 3 aliphatic heterocycles. The summed E-state index contributed by atoms with van der Waals surface area (Å²) < 4.78 is 42.2. The van der Waals surface area contributed by atoms with Crippen molar-refractivity contribution in [3.8, 4) is 0 Å². The van der Waals surface area contributed by atoms with Crippen LogP contribution >= 0.6 is 0 Å². The van der Waals surface area contributed by atoms with Gasteiger partial charge in [-0.05, 0) is 18.4 Å². The SMILES string of the molecule is COC(=O)C[C@@H]1[C@@H](C)[C@]23O[C@@]4([C@@H]5CC(=O)O[C@@H](c6ccoc6)[C@]5(C)CC[C@]4(O)O2)[C@@H](OC(C)=O)[C@H]3[C@@H](OC(C)=O)C1(C)C. The van der Waals surface area contributed by atoms with Crippen LogP contribution in [0.15, 0.2) is 23.0 Å². The van der Waals surface area contributed by atoms with Gasteiger partial charge in [0, 0.05) is 54.9 Å². The number of cyclic esters (lactones) is 1. The largest absolute Gasteiger partial charge is 0.472 e. The molecule has 6 rings (SSSR count). The number of fused-ring (bicyclic) bond motifs is 1. The van der Waals surface area contributed by atoms with E-state index in [0.29, 0.717) is 12.0 Å². The molecule has 0 unspecified atom stereocenters. The maximum absolute atomic E-state index is 13.3. The highest BCUT2D eigenvalue weighted by atomic mass is 16.8. The minimum absolute atomic E-state index is 0.0384. The molecule has 4 heterocycles. The lowest BCUT2D eigenvalue weighted by Crippen LogP contribution is -2.76. The maximum Gasteiger partial charge on any atom is 0.306 e. The van der Waals surface area contributed by atoms with E-state index in [9.17, 15) is 24.3 Å². The van der Waals surface area contributed by atoms with Gasteiger partial charge in [0.15, 0.2) is 11.4 Å². The van der Waals surface area contributed by atoms with Gasteiger partial charge in [-0.25, -0.2) is 0 Å². The third-order valence-corrected chi connectivity index (χ3v) is 11.3. The average Bonchev–Trinajstić information content (AvgIpc) is 3.61. The van der Waals surface area contributed by atoms with E-state index in [4.69, 9.17) is 32.8 Å². The molecule has 236 valence electrons. The summed E-state index contributed by atoms with van der Waals surface area (Å²) in [5, 5.41) is 12.5. The molecule has 43 heavy (non-hydrogen) atoms. The highest BCUT2D eigenvalue weighted by Crippen LogP contribution is 2.76. The van der Waals surface area contributed by atoms with Gasteiger partial charge in [0.05, 0.1) is 32.0 Å². The average molecular weight is 605 g/mol. The predicted molar refractivity (Wildman–Crippen MR) is 143 cm³/mol. The van der Waals surface area contributed by atoms with Crippen molar-refractivity contribution in [1.29, 1.82) is 0 Å². The number of carbonyl (C=O) groups is 4. The highest BCUT2D eigenvalue weighted by Gasteiger charge is 2.90. The molecular formula is C31H40O12. The summed E-state index contributed by atoms with van der Waals surface area (Å²) in [4.78, 5) is 51.4. The molecule has 5 aliphatic rings. The quantitative estimate of drug-likeness (QED) is 0.387. The molecule has 12 heteroatoms. The van der Waals surface area contributed by atoms with E-state index in [-0.39, 0.29) is 19.3 Å². The van der Waals surface area contributed by atoms with Crippen molar-refractivity contribution < 1.29 is 57.1 Å². The van der Waals surface area contributed by atoms with Gasteiger partial charge in [-0.1, -0.05) is 27.7 Å². The molecule has 1 aromatic rings. The van der Waals surface area contributed by atoms with Crippen molar-refractivity contribution in [2.24, 2.45) is 34.5 Å². The molecular weight excluding hydrogens is 564 g/mol. The Kier molecular flexibility index (Phi) is 6.66. The van der Waals surface area contributed by atoms with Gasteiger partial charge in [0.1, 0.15) is 18.3 Å². The van der Waals surface area contributed by atoms with Crippen molar-refractivity contribution in [3.63, 3.8) is 0 Å². The normalized spacial score (nSPS) is 45.7. The van der Waals surface area contributed by atoms with E-state index in [1.54, 1.807) is 6.07 Å². The number of rotatable bonds is 5. The Morgan fingerprint density at radius 3 is 2.33 bits per heavy atom. The van der Waals surface area contributed by atoms with Crippen molar-refractivity contribution in [1.82, 2.24) is 0 Å². The van der Waals surface area contributed by atoms with Crippen LogP contribution in [0.1, 0.15) is 78.9 Å². The first-order chi connectivity index (χ1) is 20.1. The smallest absolute Gasteiger partial charge is 0.306 e. The van der Waals surface area contributed by atoms with Gasteiger partial charge < -0.3 is 37.9 Å². The zero-order valence-corrected chi connectivity index (χ0v) is 25.5. The number of aliphatic hydroxyl groups is 1. The van der Waals surface area contributed by atoms with Crippen LogP contribution in [0.2, 0.25) is 0 Å². The van der Waals surface area contributed by atoms with E-state index in [2.05, 4.69) is 0 Å². The molecule has 0 radical (unpaired) electrons. The van der Waals surface area contributed by atoms with E-state index >= 15 is 0 Å². The zero-order chi connectivity index (χ0) is 31.3. The minimum atomic E-state index is -1.97. The highest BCUT2D eigenvalue weighted by molar-refractivity contribution is 5.72. The first kappa shape index (κ1) is 30.1. The van der Waals surface area contributed by atoms with Crippen molar-refractivity contribution in [2.45, 2.75) is 103 Å². The van der Waals surface area contributed by atoms with E-state index in [1.165, 1.54) is 33.5 Å². The second kappa shape index (κ2) is 9.52. The van der Waals surface area contributed by atoms with Crippen LogP contribution in [-0.4, -0.2) is 65.5 Å². The van der Waals surface area contributed by atoms with Gasteiger partial charge in [-0.15, -0.1) is 0 Å². The number of hydrogen-bond donors (Lipinski definition) is 1. The van der Waals surface area contributed by atoms with Gasteiger partial charge >= 0.3 is 23.9 Å². The van der Waals surface area contributed by atoms with Gasteiger partial charge in [-0.3, -0.25) is 19.2 Å². The Balaban J connectivity index is 1.57. The summed E-state index contributed by atoms with van der Waals surface area (Å²) in [5.74, 6) is -8.52. The number of ether oxygens (including phenoxy) is 6. The summed E-state index contributed by atoms with van der Waals surface area (Å²) in [7, 11) is 1.30. The fourth-order valence-electron chi connectivity index (χ4n) is 9.45. The molecule has 1 aromatic heterocycles. The Labute approximate surface area is 249 Å². The molecule has 3 saturated heterocycles. The molecule has 2 bridgehead atoms. The molecule has 0 amide bonds. The van der Waals surface area contributed by atoms with Crippen LogP contribution < -0.4 is 0 Å². The number of methoxy groups -OCH3 is 1. The Bertz CT molecular complexity index is 1340. The third kappa shape index (κ3) is 3.84. The summed E-state index contributed by atoms with van der Waals surface area (Å²) in [6, 6.07) is 1.73. The van der Waals surface area contributed by atoms with E-state index in [0.717, 1.165) is 0 Å². The lowest BCUT2D eigenvalue weighted by Gasteiger charge is -2.63. The van der Waals surface area contributed by atoms with Gasteiger partial charge in [0.25, 0.3) is 0 Å². The molecule has 0 aromatic carbocycles. The number of hydrogen-bond acceptors (Lipinski definition) is 12. The second-order valence-corrected chi connectivity index (χ2v) is 13.8. The minimum Gasteiger partial charge on any atom is -0.472 e. The summed E-state index contributed by atoms with van der Waals surface area (Å²) in [6.07, 6.45) is 0.437. The zero-order valence-electron chi connectivity index (χ0n) is 25.5.